The van der Waals surface area contributed by atoms with Crippen molar-refractivity contribution in [3.63, 3.8) is 0 Å². The number of benzene rings is 3. The van der Waals surface area contributed by atoms with E-state index in [1.54, 1.807) is 30.3 Å². The number of amides is 1. The van der Waals surface area contributed by atoms with Gasteiger partial charge in [-0.1, -0.05) is 72.3 Å². The molecule has 7 heteroatoms. The normalized spacial score (nSPS) is 15.6. The highest BCUT2D eigenvalue weighted by Gasteiger charge is 2.31. The van der Waals surface area contributed by atoms with Crippen LogP contribution in [0.3, 0.4) is 0 Å². The molecule has 1 fully saturated rings. The molecule has 1 aliphatic heterocycles. The molecule has 0 bridgehead atoms. The molecule has 0 saturated carbocycles. The van der Waals surface area contributed by atoms with E-state index in [2.05, 4.69) is 34.1 Å². The Kier molecular flexibility index (Phi) is 8.88. The lowest BCUT2D eigenvalue weighted by Crippen LogP contribution is -2.51. The van der Waals surface area contributed by atoms with Crippen molar-refractivity contribution in [1.82, 2.24) is 14.7 Å². The first-order valence-corrected chi connectivity index (χ1v) is 12.7. The molecule has 0 spiro atoms. The lowest BCUT2D eigenvalue weighted by molar-refractivity contribution is -0.122. The van der Waals surface area contributed by atoms with Gasteiger partial charge in [-0.3, -0.25) is 19.4 Å². The lowest BCUT2D eigenvalue weighted by Gasteiger charge is -2.39. The van der Waals surface area contributed by atoms with Gasteiger partial charge in [0.1, 0.15) is 6.04 Å². The molecule has 1 heterocycles. The molecule has 1 saturated heterocycles. The van der Waals surface area contributed by atoms with Crippen LogP contribution in [0, 0.1) is 0 Å². The number of anilines is 1. The van der Waals surface area contributed by atoms with E-state index >= 15 is 0 Å². The first-order chi connectivity index (χ1) is 17.4. The molecular formula is C29H33ClN4O2. The van der Waals surface area contributed by atoms with Gasteiger partial charge in [0.05, 0.1) is 5.69 Å². The Morgan fingerprint density at radius 3 is 2.19 bits per heavy atom. The minimum Gasteiger partial charge on any atom is -0.324 e. The molecular weight excluding hydrogens is 472 g/mol. The number of carbonyl (C=O) groups is 2. The van der Waals surface area contributed by atoms with Gasteiger partial charge in [0.25, 0.3) is 0 Å². The summed E-state index contributed by atoms with van der Waals surface area (Å²) < 4.78 is 0. The average molecular weight is 505 g/mol. The predicted octanol–water partition coefficient (Wildman–Crippen LogP) is 4.43. The Balaban J connectivity index is 1.56. The fourth-order valence-corrected chi connectivity index (χ4v) is 4.68. The van der Waals surface area contributed by atoms with Gasteiger partial charge in [-0.2, -0.15) is 0 Å². The van der Waals surface area contributed by atoms with E-state index in [4.69, 9.17) is 11.6 Å². The minimum absolute atomic E-state index is 0.160. The summed E-state index contributed by atoms with van der Waals surface area (Å²) >= 11 is 6.24. The molecule has 6 nitrogen and oxygen atoms in total. The largest absolute Gasteiger partial charge is 0.324 e. The fourth-order valence-electron chi connectivity index (χ4n) is 4.51. The van der Waals surface area contributed by atoms with E-state index in [-0.39, 0.29) is 11.7 Å². The zero-order valence-electron chi connectivity index (χ0n) is 20.9. The fraction of sp³-hybridized carbons (Fsp3) is 0.310. The summed E-state index contributed by atoms with van der Waals surface area (Å²) in [6.07, 6.45) is 0. The van der Waals surface area contributed by atoms with Crippen LogP contribution in [-0.4, -0.2) is 79.8 Å². The predicted molar refractivity (Wildman–Crippen MR) is 146 cm³/mol. The number of rotatable bonds is 9. The van der Waals surface area contributed by atoms with Crippen molar-refractivity contribution in [2.45, 2.75) is 6.04 Å². The van der Waals surface area contributed by atoms with Gasteiger partial charge in [0.2, 0.25) is 5.91 Å². The number of hydrogen-bond donors (Lipinski definition) is 1. The quantitative estimate of drug-likeness (QED) is 0.437. The number of ketones is 1. The van der Waals surface area contributed by atoms with Crippen molar-refractivity contribution < 1.29 is 9.59 Å². The Labute approximate surface area is 218 Å². The van der Waals surface area contributed by atoms with E-state index in [1.807, 2.05) is 48.5 Å². The molecule has 3 aromatic rings. The van der Waals surface area contributed by atoms with E-state index < -0.39 is 6.04 Å². The molecule has 0 radical (unpaired) electrons. The highest BCUT2D eigenvalue weighted by Crippen LogP contribution is 2.28. The number of piperazine rings is 1. The van der Waals surface area contributed by atoms with Crippen LogP contribution >= 0.6 is 11.6 Å². The Morgan fingerprint density at radius 1 is 0.917 bits per heavy atom. The Morgan fingerprint density at radius 2 is 1.56 bits per heavy atom. The summed E-state index contributed by atoms with van der Waals surface area (Å²) in [5.74, 6) is -0.341. The molecule has 1 unspecified atom stereocenters. The van der Waals surface area contributed by atoms with Crippen LogP contribution < -0.4 is 5.32 Å². The maximum atomic E-state index is 13.8. The second kappa shape index (κ2) is 12.3. The summed E-state index contributed by atoms with van der Waals surface area (Å²) in [6.45, 7) is 5.41. The van der Waals surface area contributed by atoms with Crippen molar-refractivity contribution in [3.8, 4) is 0 Å². The maximum Gasteiger partial charge on any atom is 0.246 e. The average Bonchev–Trinajstić information content (AvgIpc) is 2.90. The van der Waals surface area contributed by atoms with Gasteiger partial charge < -0.3 is 10.2 Å². The van der Waals surface area contributed by atoms with Gasteiger partial charge >= 0.3 is 0 Å². The van der Waals surface area contributed by atoms with Crippen LogP contribution in [0.4, 0.5) is 5.69 Å². The van der Waals surface area contributed by atoms with E-state index in [9.17, 15) is 9.59 Å². The SMILES string of the molecule is CN(C)CCN1CCN(C(C(=O)Nc2ccc(Cl)cc2C(=O)c2ccccc2)c2ccccc2)CC1. The van der Waals surface area contributed by atoms with Crippen LogP contribution in [0.15, 0.2) is 78.9 Å². The number of likely N-dealkylation sites (N-methyl/N-ethyl adjacent to an activating group) is 1. The van der Waals surface area contributed by atoms with Crippen LogP contribution in [0.1, 0.15) is 27.5 Å². The minimum atomic E-state index is -0.461. The van der Waals surface area contributed by atoms with Crippen molar-refractivity contribution in [3.05, 3.63) is 101 Å². The summed E-state index contributed by atoms with van der Waals surface area (Å²) in [7, 11) is 4.17. The molecule has 188 valence electrons. The number of carbonyl (C=O) groups excluding carboxylic acids is 2. The number of hydrogen-bond acceptors (Lipinski definition) is 5. The number of nitrogens with zero attached hydrogens (tertiary/aromatic N) is 3. The van der Waals surface area contributed by atoms with Crippen LogP contribution in [-0.2, 0) is 4.79 Å². The van der Waals surface area contributed by atoms with Crippen molar-refractivity contribution in [1.29, 1.82) is 0 Å². The van der Waals surface area contributed by atoms with E-state index in [1.165, 1.54) is 0 Å². The molecule has 1 amide bonds. The Bertz CT molecular complexity index is 1160. The lowest BCUT2D eigenvalue weighted by atomic mass is 10.00. The number of nitrogens with one attached hydrogen (secondary N) is 1. The summed E-state index contributed by atoms with van der Waals surface area (Å²) in [4.78, 5) is 33.9. The second-order valence-corrected chi connectivity index (χ2v) is 9.80. The molecule has 36 heavy (non-hydrogen) atoms. The number of halogens is 1. The molecule has 1 atom stereocenters. The molecule has 0 aliphatic carbocycles. The zero-order valence-corrected chi connectivity index (χ0v) is 21.6. The third-order valence-electron chi connectivity index (χ3n) is 6.52. The van der Waals surface area contributed by atoms with Crippen molar-refractivity contribution in [2.24, 2.45) is 0 Å². The highest BCUT2D eigenvalue weighted by molar-refractivity contribution is 6.31. The third-order valence-corrected chi connectivity index (χ3v) is 6.75. The van der Waals surface area contributed by atoms with Gasteiger partial charge in [-0.15, -0.1) is 0 Å². The smallest absolute Gasteiger partial charge is 0.246 e. The van der Waals surface area contributed by atoms with Crippen LogP contribution in [0.5, 0.6) is 0 Å². The molecule has 1 aliphatic rings. The molecule has 1 N–H and O–H groups in total. The van der Waals surface area contributed by atoms with E-state index in [0.29, 0.717) is 21.8 Å². The van der Waals surface area contributed by atoms with Crippen molar-refractivity contribution in [2.75, 3.05) is 58.7 Å². The molecule has 0 aromatic heterocycles. The first kappa shape index (κ1) is 26.0. The monoisotopic (exact) mass is 504 g/mol. The van der Waals surface area contributed by atoms with Gasteiger partial charge in [0, 0.05) is 55.4 Å². The second-order valence-electron chi connectivity index (χ2n) is 9.37. The van der Waals surface area contributed by atoms with Gasteiger partial charge in [0.15, 0.2) is 5.78 Å². The maximum absolute atomic E-state index is 13.8. The summed E-state index contributed by atoms with van der Waals surface area (Å²) in [5.41, 5.74) is 2.32. The summed E-state index contributed by atoms with van der Waals surface area (Å²) in [5, 5.41) is 3.50. The third kappa shape index (κ3) is 6.59. The summed E-state index contributed by atoms with van der Waals surface area (Å²) in [6, 6.07) is 23.4. The van der Waals surface area contributed by atoms with Gasteiger partial charge in [-0.25, -0.2) is 0 Å². The zero-order chi connectivity index (χ0) is 25.5. The van der Waals surface area contributed by atoms with Gasteiger partial charge in [-0.05, 0) is 37.9 Å². The van der Waals surface area contributed by atoms with Crippen LogP contribution in [0.2, 0.25) is 5.02 Å². The van der Waals surface area contributed by atoms with Crippen molar-refractivity contribution >= 4 is 29.0 Å². The van der Waals surface area contributed by atoms with E-state index in [0.717, 1.165) is 44.8 Å². The molecule has 4 rings (SSSR count). The molecule has 3 aromatic carbocycles. The first-order valence-electron chi connectivity index (χ1n) is 12.3. The van der Waals surface area contributed by atoms with Crippen LogP contribution in [0.25, 0.3) is 0 Å². The Hall–Kier alpha value is -3.03. The topological polar surface area (TPSA) is 55.9 Å². The highest BCUT2D eigenvalue weighted by atomic mass is 35.5. The standard InChI is InChI=1S/C29H33ClN4O2/c1-32(2)15-16-33-17-19-34(20-18-33)27(22-9-5-3-6-10-22)29(36)31-26-14-13-24(30)21-25(26)28(35)23-11-7-4-8-12-23/h3-14,21,27H,15-20H2,1-2H3,(H,31,36).